The highest BCUT2D eigenvalue weighted by molar-refractivity contribution is 7.18. The molecule has 0 saturated carbocycles. The Morgan fingerprint density at radius 3 is 2.71 bits per heavy atom. The molecule has 3 heterocycles. The van der Waals surface area contributed by atoms with Gasteiger partial charge in [-0.2, -0.15) is 0 Å². The van der Waals surface area contributed by atoms with E-state index in [0.717, 1.165) is 10.4 Å². The van der Waals surface area contributed by atoms with Crippen molar-refractivity contribution in [1.29, 1.82) is 0 Å². The fourth-order valence-electron chi connectivity index (χ4n) is 2.84. The average molecular weight is 410 g/mol. The van der Waals surface area contributed by atoms with Crippen molar-refractivity contribution in [2.75, 3.05) is 5.32 Å². The van der Waals surface area contributed by atoms with Crippen molar-refractivity contribution in [3.8, 4) is 10.4 Å². The predicted molar refractivity (Wildman–Crippen MR) is 111 cm³/mol. The molecular weight excluding hydrogens is 396 g/mol. The number of anilines is 1. The van der Waals surface area contributed by atoms with Gasteiger partial charge in [-0.15, -0.1) is 22.7 Å². The first-order valence-electron chi connectivity index (χ1n) is 8.24. The molecule has 4 rings (SSSR count). The molecule has 3 aromatic heterocycles. The van der Waals surface area contributed by atoms with E-state index >= 15 is 0 Å². The zero-order chi connectivity index (χ0) is 19.7. The van der Waals surface area contributed by atoms with Crippen molar-refractivity contribution in [2.24, 2.45) is 5.73 Å². The van der Waals surface area contributed by atoms with Crippen LogP contribution in [0.25, 0.3) is 20.7 Å². The van der Waals surface area contributed by atoms with E-state index in [2.05, 4.69) is 10.3 Å². The number of para-hydroxylation sites is 1. The number of benzene rings is 1. The van der Waals surface area contributed by atoms with Gasteiger partial charge >= 0.3 is 0 Å². The quantitative estimate of drug-likeness (QED) is 0.527. The first kappa shape index (κ1) is 18.1. The van der Waals surface area contributed by atoms with Gasteiger partial charge in [0, 0.05) is 15.8 Å². The van der Waals surface area contributed by atoms with Crippen molar-refractivity contribution in [3.63, 3.8) is 0 Å². The molecule has 0 saturated heterocycles. The first-order chi connectivity index (χ1) is 13.5. The van der Waals surface area contributed by atoms with E-state index in [4.69, 9.17) is 5.73 Å². The van der Waals surface area contributed by atoms with Gasteiger partial charge in [0.2, 0.25) is 5.91 Å². The lowest BCUT2D eigenvalue weighted by Crippen LogP contribution is -2.28. The number of primary amides is 1. The molecule has 7 nitrogen and oxygen atoms in total. The number of fused-ring (bicyclic) bond motifs is 1. The Labute approximate surface area is 167 Å². The fraction of sp³-hybridized carbons (Fsp3) is 0.0526. The molecule has 0 aliphatic carbocycles. The van der Waals surface area contributed by atoms with E-state index < -0.39 is 11.8 Å². The summed E-state index contributed by atoms with van der Waals surface area (Å²) in [6, 6.07) is 10.3. The summed E-state index contributed by atoms with van der Waals surface area (Å²) in [5.41, 5.74) is 6.37. The third-order valence-electron chi connectivity index (χ3n) is 4.13. The minimum atomic E-state index is -0.644. The second kappa shape index (κ2) is 7.37. The third-order valence-corrected chi connectivity index (χ3v) is 5.92. The molecule has 0 atom stereocenters. The number of nitrogens with one attached hydrogen (secondary N) is 1. The third kappa shape index (κ3) is 3.32. The number of amides is 2. The number of hydrogen-bond donors (Lipinski definition) is 2. The number of rotatable bonds is 5. The normalized spacial score (nSPS) is 10.9. The number of thiophene rings is 2. The SMILES string of the molecule is NC(=O)c1ccccc1NC(=O)Cn1cnc2scc(-c3cccs3)c2c1=O. The monoisotopic (exact) mass is 410 g/mol. The molecule has 2 amide bonds. The largest absolute Gasteiger partial charge is 0.366 e. The van der Waals surface area contributed by atoms with Gasteiger partial charge in [-0.25, -0.2) is 4.98 Å². The van der Waals surface area contributed by atoms with Crippen molar-refractivity contribution in [1.82, 2.24) is 9.55 Å². The van der Waals surface area contributed by atoms with Crippen LogP contribution >= 0.6 is 22.7 Å². The molecule has 0 fully saturated rings. The maximum Gasteiger partial charge on any atom is 0.263 e. The summed E-state index contributed by atoms with van der Waals surface area (Å²) >= 11 is 2.93. The molecule has 3 N–H and O–H groups in total. The highest BCUT2D eigenvalue weighted by Gasteiger charge is 2.16. The van der Waals surface area contributed by atoms with Gasteiger partial charge < -0.3 is 11.1 Å². The summed E-state index contributed by atoms with van der Waals surface area (Å²) in [5.74, 6) is -1.10. The van der Waals surface area contributed by atoms with Crippen LogP contribution in [0.3, 0.4) is 0 Å². The summed E-state index contributed by atoms with van der Waals surface area (Å²) in [5, 5.41) is 6.97. The molecule has 0 unspecified atom stereocenters. The molecule has 0 aliphatic rings. The Morgan fingerprint density at radius 2 is 1.96 bits per heavy atom. The molecule has 0 radical (unpaired) electrons. The van der Waals surface area contributed by atoms with Gasteiger partial charge in [0.25, 0.3) is 11.5 Å². The zero-order valence-corrected chi connectivity index (χ0v) is 16.0. The molecular formula is C19H14N4O3S2. The standard InChI is InChI=1S/C19H14N4O3S2/c20-17(25)11-4-1-2-5-13(11)22-15(24)8-23-10-21-18-16(19(23)26)12(9-28-18)14-6-3-7-27-14/h1-7,9-10H,8H2,(H2,20,25)(H,22,24). The summed E-state index contributed by atoms with van der Waals surface area (Å²) in [4.78, 5) is 42.8. The van der Waals surface area contributed by atoms with Crippen LogP contribution in [0.4, 0.5) is 5.69 Å². The summed E-state index contributed by atoms with van der Waals surface area (Å²) in [7, 11) is 0. The molecule has 0 aliphatic heterocycles. The highest BCUT2D eigenvalue weighted by atomic mass is 32.1. The van der Waals surface area contributed by atoms with E-state index in [1.807, 2.05) is 22.9 Å². The lowest BCUT2D eigenvalue weighted by atomic mass is 10.1. The van der Waals surface area contributed by atoms with Crippen molar-refractivity contribution in [2.45, 2.75) is 6.54 Å². The van der Waals surface area contributed by atoms with Crippen LogP contribution in [0.15, 0.2) is 58.3 Å². The lowest BCUT2D eigenvalue weighted by molar-refractivity contribution is -0.116. The zero-order valence-electron chi connectivity index (χ0n) is 14.4. The molecule has 1 aromatic carbocycles. The Morgan fingerprint density at radius 1 is 1.14 bits per heavy atom. The van der Waals surface area contributed by atoms with Crippen LogP contribution < -0.4 is 16.6 Å². The van der Waals surface area contributed by atoms with E-state index in [-0.39, 0.29) is 17.7 Å². The second-order valence-electron chi connectivity index (χ2n) is 5.94. The van der Waals surface area contributed by atoms with Crippen molar-refractivity contribution >= 4 is 50.4 Å². The van der Waals surface area contributed by atoms with Crippen LogP contribution in [-0.2, 0) is 11.3 Å². The smallest absolute Gasteiger partial charge is 0.263 e. The summed E-state index contributed by atoms with van der Waals surface area (Å²) in [6.07, 6.45) is 1.36. The van der Waals surface area contributed by atoms with Gasteiger partial charge in [0.05, 0.1) is 23.0 Å². The predicted octanol–water partition coefficient (Wildman–Crippen LogP) is 2.92. The molecule has 0 spiro atoms. The molecule has 9 heteroatoms. The fourth-order valence-corrected chi connectivity index (χ4v) is 4.57. The number of nitrogens with two attached hydrogens (primary N) is 1. The Balaban J connectivity index is 1.65. The summed E-state index contributed by atoms with van der Waals surface area (Å²) in [6.45, 7) is -0.228. The van der Waals surface area contributed by atoms with E-state index in [9.17, 15) is 14.4 Å². The van der Waals surface area contributed by atoms with E-state index in [0.29, 0.717) is 15.9 Å². The topological polar surface area (TPSA) is 107 Å². The van der Waals surface area contributed by atoms with E-state index in [1.165, 1.54) is 39.6 Å². The maximum atomic E-state index is 12.9. The van der Waals surface area contributed by atoms with Crippen LogP contribution in [0.1, 0.15) is 10.4 Å². The summed E-state index contributed by atoms with van der Waals surface area (Å²) < 4.78 is 1.26. The van der Waals surface area contributed by atoms with Crippen molar-refractivity contribution in [3.05, 3.63) is 69.4 Å². The van der Waals surface area contributed by atoms with Crippen LogP contribution in [0, 0.1) is 0 Å². The Hall–Kier alpha value is -3.30. The van der Waals surface area contributed by atoms with E-state index in [1.54, 1.807) is 18.2 Å². The number of hydrogen-bond acceptors (Lipinski definition) is 6. The highest BCUT2D eigenvalue weighted by Crippen LogP contribution is 2.33. The number of carbonyl (C=O) groups is 2. The Bertz CT molecular complexity index is 1240. The number of carbonyl (C=O) groups excluding carboxylic acids is 2. The van der Waals surface area contributed by atoms with Crippen LogP contribution in [0.2, 0.25) is 0 Å². The minimum absolute atomic E-state index is 0.203. The maximum absolute atomic E-state index is 12.9. The molecule has 140 valence electrons. The van der Waals surface area contributed by atoms with Gasteiger partial charge in [-0.1, -0.05) is 18.2 Å². The second-order valence-corrected chi connectivity index (χ2v) is 7.75. The molecule has 28 heavy (non-hydrogen) atoms. The van der Waals surface area contributed by atoms with Gasteiger partial charge in [0.1, 0.15) is 11.4 Å². The lowest BCUT2D eigenvalue weighted by Gasteiger charge is -2.10. The van der Waals surface area contributed by atoms with Crippen molar-refractivity contribution < 1.29 is 9.59 Å². The number of nitrogens with zero attached hydrogens (tertiary/aromatic N) is 2. The number of aromatic nitrogens is 2. The average Bonchev–Trinajstić information content (AvgIpc) is 3.33. The minimum Gasteiger partial charge on any atom is -0.366 e. The molecule has 0 bridgehead atoms. The first-order valence-corrected chi connectivity index (χ1v) is 9.99. The molecule has 4 aromatic rings. The van der Waals surface area contributed by atoms with Crippen LogP contribution in [-0.4, -0.2) is 21.4 Å². The van der Waals surface area contributed by atoms with Gasteiger partial charge in [-0.3, -0.25) is 19.0 Å². The van der Waals surface area contributed by atoms with Gasteiger partial charge in [-0.05, 0) is 23.6 Å². The Kier molecular flexibility index (Phi) is 4.76. The van der Waals surface area contributed by atoms with Gasteiger partial charge in [0.15, 0.2) is 0 Å². The van der Waals surface area contributed by atoms with Crippen LogP contribution in [0.5, 0.6) is 0 Å².